The van der Waals surface area contributed by atoms with Gasteiger partial charge in [-0.15, -0.1) is 0 Å². The second-order valence-electron chi connectivity index (χ2n) is 2.51. The summed E-state index contributed by atoms with van der Waals surface area (Å²) in [6.45, 7) is 4.41. The monoisotopic (exact) mass is 177 g/mol. The van der Waals surface area contributed by atoms with E-state index in [1.807, 2.05) is 0 Å². The van der Waals surface area contributed by atoms with Crippen molar-refractivity contribution in [1.29, 1.82) is 0 Å². The molecule has 0 radical (unpaired) electrons. The van der Waals surface area contributed by atoms with E-state index in [1.54, 1.807) is 0 Å². The van der Waals surface area contributed by atoms with Crippen molar-refractivity contribution < 1.29 is 16.0 Å². The van der Waals surface area contributed by atoms with Crippen LogP contribution in [0.1, 0.15) is 33.1 Å². The van der Waals surface area contributed by atoms with Crippen LogP contribution in [0.2, 0.25) is 0 Å². The van der Waals surface area contributed by atoms with Crippen molar-refractivity contribution >= 4 is 0 Å². The zero-order chi connectivity index (χ0) is 7.56. The fourth-order valence-corrected chi connectivity index (χ4v) is 1.88. The van der Waals surface area contributed by atoms with E-state index in [1.165, 1.54) is 22.0 Å². The Balaban J connectivity index is 2.79. The summed E-state index contributed by atoms with van der Waals surface area (Å²) in [7, 11) is 0. The van der Waals surface area contributed by atoms with E-state index >= 15 is 0 Å². The SMILES string of the molecule is CCC1=CC[C]([Fe])=C1CC. The van der Waals surface area contributed by atoms with Gasteiger partial charge in [0.15, 0.2) is 0 Å². The molecule has 0 aromatic heterocycles. The summed E-state index contributed by atoms with van der Waals surface area (Å²) in [6, 6.07) is 0. The summed E-state index contributed by atoms with van der Waals surface area (Å²) in [5.41, 5.74) is 3.02. The molecule has 0 amide bonds. The summed E-state index contributed by atoms with van der Waals surface area (Å²) in [5, 5.41) is 0. The van der Waals surface area contributed by atoms with Crippen LogP contribution < -0.4 is 0 Å². The van der Waals surface area contributed by atoms with Crippen molar-refractivity contribution in [2.75, 3.05) is 0 Å². The molecule has 57 valence electrons. The second kappa shape index (κ2) is 3.41. The molecular weight excluding hydrogens is 164 g/mol. The Labute approximate surface area is 71.2 Å². The standard InChI is InChI=1S/C9H13.Fe/c1-3-8-6-5-7-9(8)4-2;/h6H,3-5H2,1-2H3;. The van der Waals surface area contributed by atoms with E-state index < -0.39 is 0 Å². The van der Waals surface area contributed by atoms with Gasteiger partial charge in [-0.1, -0.05) is 0 Å². The molecule has 0 aliphatic heterocycles. The third kappa shape index (κ3) is 1.36. The molecule has 0 N–H and O–H groups in total. The van der Waals surface area contributed by atoms with Gasteiger partial charge in [-0.25, -0.2) is 0 Å². The Kier molecular flexibility index (Phi) is 2.76. The van der Waals surface area contributed by atoms with Crippen molar-refractivity contribution in [3.8, 4) is 0 Å². The Bertz CT molecular complexity index is 187. The molecule has 0 saturated heterocycles. The number of allylic oxidation sites excluding steroid dienone is 4. The van der Waals surface area contributed by atoms with Gasteiger partial charge in [0.1, 0.15) is 0 Å². The van der Waals surface area contributed by atoms with E-state index in [0.717, 1.165) is 12.8 Å². The zero-order valence-electron chi connectivity index (χ0n) is 6.55. The van der Waals surface area contributed by atoms with Crippen molar-refractivity contribution in [1.82, 2.24) is 0 Å². The Hall–Kier alpha value is -0.000519. The predicted molar refractivity (Wildman–Crippen MR) is 40.3 cm³/mol. The summed E-state index contributed by atoms with van der Waals surface area (Å²) < 4.78 is 1.33. The van der Waals surface area contributed by atoms with Gasteiger partial charge in [-0.2, -0.15) is 0 Å². The molecule has 0 unspecified atom stereocenters. The first-order valence-corrected chi connectivity index (χ1v) is 4.40. The van der Waals surface area contributed by atoms with Gasteiger partial charge >= 0.3 is 70.8 Å². The predicted octanol–water partition coefficient (Wildman–Crippen LogP) is 2.94. The summed E-state index contributed by atoms with van der Waals surface area (Å²) >= 11 is 4.02. The molecule has 0 aromatic carbocycles. The van der Waals surface area contributed by atoms with Crippen molar-refractivity contribution in [3.63, 3.8) is 0 Å². The molecule has 0 spiro atoms. The van der Waals surface area contributed by atoms with Crippen molar-refractivity contribution in [3.05, 3.63) is 21.7 Å². The van der Waals surface area contributed by atoms with E-state index in [4.69, 9.17) is 0 Å². The van der Waals surface area contributed by atoms with E-state index in [-0.39, 0.29) is 0 Å². The molecule has 0 aromatic rings. The minimum absolute atomic E-state index is 1.09. The second-order valence-corrected chi connectivity index (χ2v) is 3.18. The first kappa shape index (κ1) is 8.10. The van der Waals surface area contributed by atoms with Crippen LogP contribution in [0.3, 0.4) is 0 Å². The van der Waals surface area contributed by atoms with Crippen LogP contribution in [0, 0.1) is 0 Å². The third-order valence-electron chi connectivity index (χ3n) is 1.96. The Morgan fingerprint density at radius 3 is 2.50 bits per heavy atom. The van der Waals surface area contributed by atoms with Crippen LogP contribution in [0.4, 0.5) is 0 Å². The van der Waals surface area contributed by atoms with Gasteiger partial charge < -0.3 is 0 Å². The summed E-state index contributed by atoms with van der Waals surface area (Å²) in [6.07, 6.45) is 5.72. The number of rotatable bonds is 2. The molecule has 1 rings (SSSR count). The van der Waals surface area contributed by atoms with Crippen LogP contribution in [-0.2, 0) is 16.0 Å². The van der Waals surface area contributed by atoms with Crippen LogP contribution in [0.15, 0.2) is 21.7 Å². The maximum atomic E-state index is 4.02. The van der Waals surface area contributed by atoms with Crippen molar-refractivity contribution in [2.24, 2.45) is 0 Å². The summed E-state index contributed by atoms with van der Waals surface area (Å²) in [4.78, 5) is 0. The van der Waals surface area contributed by atoms with Gasteiger partial charge in [0.2, 0.25) is 0 Å². The molecule has 1 aliphatic carbocycles. The van der Waals surface area contributed by atoms with Gasteiger partial charge in [-0.3, -0.25) is 0 Å². The fraction of sp³-hybridized carbons (Fsp3) is 0.556. The fourth-order valence-electron chi connectivity index (χ4n) is 1.40. The van der Waals surface area contributed by atoms with Gasteiger partial charge in [0.25, 0.3) is 0 Å². The van der Waals surface area contributed by atoms with Crippen molar-refractivity contribution in [2.45, 2.75) is 33.1 Å². The molecule has 10 heavy (non-hydrogen) atoms. The molecule has 1 aliphatic rings. The molecule has 0 atom stereocenters. The third-order valence-corrected chi connectivity index (χ3v) is 2.52. The molecule has 0 bridgehead atoms. The molecular formula is C9H13Fe. The molecule has 0 saturated carbocycles. The molecule has 0 nitrogen and oxygen atoms in total. The zero-order valence-corrected chi connectivity index (χ0v) is 7.66. The average molecular weight is 177 g/mol. The van der Waals surface area contributed by atoms with E-state index in [0.29, 0.717) is 0 Å². The Morgan fingerprint density at radius 1 is 1.40 bits per heavy atom. The maximum absolute atomic E-state index is 4.02. The van der Waals surface area contributed by atoms with Gasteiger partial charge in [0.05, 0.1) is 0 Å². The first-order valence-electron chi connectivity index (χ1n) is 3.85. The number of hydrogen-bond acceptors (Lipinski definition) is 0. The molecule has 1 heteroatoms. The normalized spacial score (nSPS) is 18.1. The minimum atomic E-state index is 1.09. The van der Waals surface area contributed by atoms with E-state index in [9.17, 15) is 0 Å². The van der Waals surface area contributed by atoms with Crippen LogP contribution in [-0.4, -0.2) is 0 Å². The first-order chi connectivity index (χ1) is 4.79. The Morgan fingerprint density at radius 2 is 2.10 bits per heavy atom. The van der Waals surface area contributed by atoms with Gasteiger partial charge in [0, 0.05) is 0 Å². The summed E-state index contributed by atoms with van der Waals surface area (Å²) in [5.74, 6) is 0. The van der Waals surface area contributed by atoms with Gasteiger partial charge in [-0.05, 0) is 0 Å². The number of hydrogen-bond donors (Lipinski definition) is 0. The molecule has 0 fully saturated rings. The van der Waals surface area contributed by atoms with Crippen LogP contribution in [0.5, 0.6) is 0 Å². The molecule has 0 heterocycles. The van der Waals surface area contributed by atoms with Crippen LogP contribution in [0.25, 0.3) is 0 Å². The average Bonchev–Trinajstić information content (AvgIpc) is 2.30. The topological polar surface area (TPSA) is 0 Å². The van der Waals surface area contributed by atoms with E-state index in [2.05, 4.69) is 35.9 Å². The van der Waals surface area contributed by atoms with Crippen LogP contribution >= 0.6 is 0 Å². The quantitative estimate of drug-likeness (QED) is 0.569.